The number of hydrogen-bond donors (Lipinski definition) is 0. The van der Waals surface area contributed by atoms with Crippen LogP contribution in [0.5, 0.6) is 0 Å². The Labute approximate surface area is 74.8 Å². The first kappa shape index (κ1) is 9.24. The van der Waals surface area contributed by atoms with Crippen LogP contribution < -0.4 is 0 Å². The highest BCUT2D eigenvalue weighted by molar-refractivity contribution is 5.09. The summed E-state index contributed by atoms with van der Waals surface area (Å²) in [6.45, 7) is 6.82. The van der Waals surface area contributed by atoms with Gasteiger partial charge in [0.25, 0.3) is 0 Å². The van der Waals surface area contributed by atoms with Crippen molar-refractivity contribution in [2.75, 3.05) is 0 Å². The van der Waals surface area contributed by atoms with Gasteiger partial charge in [-0.05, 0) is 29.9 Å². The van der Waals surface area contributed by atoms with E-state index in [-0.39, 0.29) is 0 Å². The van der Waals surface area contributed by atoms with Gasteiger partial charge in [-0.3, -0.25) is 4.98 Å². The largest absolute Gasteiger partial charge is 0.264 e. The van der Waals surface area contributed by atoms with Crippen LogP contribution in [0, 0.1) is 11.8 Å². The normalized spacial score (nSPS) is 13.3. The van der Waals surface area contributed by atoms with Crippen molar-refractivity contribution in [3.63, 3.8) is 0 Å². The van der Waals surface area contributed by atoms with Gasteiger partial charge in [-0.1, -0.05) is 26.8 Å². The lowest BCUT2D eigenvalue weighted by atomic mass is 9.92. The molecule has 0 aliphatic carbocycles. The zero-order chi connectivity index (χ0) is 8.97. The van der Waals surface area contributed by atoms with E-state index in [4.69, 9.17) is 0 Å². The summed E-state index contributed by atoms with van der Waals surface area (Å²) < 4.78 is 0. The van der Waals surface area contributed by atoms with Crippen LogP contribution in [0.1, 0.15) is 26.3 Å². The van der Waals surface area contributed by atoms with Crippen molar-refractivity contribution in [2.45, 2.75) is 27.2 Å². The van der Waals surface area contributed by atoms with E-state index >= 15 is 0 Å². The van der Waals surface area contributed by atoms with Gasteiger partial charge in [0.2, 0.25) is 0 Å². The van der Waals surface area contributed by atoms with Gasteiger partial charge < -0.3 is 0 Å². The standard InChI is InChI=1S/C11H17N/c1-9(2)10(3)7-11-5-4-6-12-8-11/h4-6,8-10H,7H2,1-3H3. The molecule has 0 fully saturated rings. The van der Waals surface area contributed by atoms with E-state index in [1.807, 2.05) is 18.5 Å². The number of aromatic nitrogens is 1. The molecule has 1 heteroatoms. The van der Waals surface area contributed by atoms with Gasteiger partial charge in [0.1, 0.15) is 0 Å². The van der Waals surface area contributed by atoms with Crippen LogP contribution in [0.4, 0.5) is 0 Å². The minimum absolute atomic E-state index is 0.745. The maximum absolute atomic E-state index is 4.10. The summed E-state index contributed by atoms with van der Waals surface area (Å²) in [5.74, 6) is 1.50. The Morgan fingerprint density at radius 1 is 1.33 bits per heavy atom. The van der Waals surface area contributed by atoms with E-state index in [0.29, 0.717) is 0 Å². The van der Waals surface area contributed by atoms with Gasteiger partial charge in [-0.25, -0.2) is 0 Å². The second-order valence-electron chi connectivity index (χ2n) is 3.79. The van der Waals surface area contributed by atoms with E-state index in [2.05, 4.69) is 31.8 Å². The molecule has 1 nitrogen and oxygen atoms in total. The molecular formula is C11H17N. The van der Waals surface area contributed by atoms with Crippen molar-refractivity contribution < 1.29 is 0 Å². The lowest BCUT2D eigenvalue weighted by Gasteiger charge is -2.14. The number of hydrogen-bond acceptors (Lipinski definition) is 1. The molecule has 12 heavy (non-hydrogen) atoms. The van der Waals surface area contributed by atoms with Crippen LogP contribution in [0.15, 0.2) is 24.5 Å². The molecule has 1 atom stereocenters. The first-order chi connectivity index (χ1) is 5.70. The maximum atomic E-state index is 4.10. The predicted molar refractivity (Wildman–Crippen MR) is 51.9 cm³/mol. The number of rotatable bonds is 3. The van der Waals surface area contributed by atoms with Crippen LogP contribution in [0.2, 0.25) is 0 Å². The summed E-state index contributed by atoms with van der Waals surface area (Å²) in [4.78, 5) is 4.10. The van der Waals surface area contributed by atoms with Crippen LogP contribution in [0.25, 0.3) is 0 Å². The zero-order valence-electron chi connectivity index (χ0n) is 8.12. The third kappa shape index (κ3) is 2.65. The Hall–Kier alpha value is -0.850. The molecule has 0 amide bonds. The van der Waals surface area contributed by atoms with Crippen LogP contribution in [-0.2, 0) is 6.42 Å². The molecule has 0 aliphatic heterocycles. The smallest absolute Gasteiger partial charge is 0.0299 e. The van der Waals surface area contributed by atoms with Crippen molar-refractivity contribution >= 4 is 0 Å². The van der Waals surface area contributed by atoms with Gasteiger partial charge in [-0.15, -0.1) is 0 Å². The van der Waals surface area contributed by atoms with Crippen LogP contribution >= 0.6 is 0 Å². The molecule has 0 aliphatic rings. The third-order valence-electron chi connectivity index (χ3n) is 2.42. The summed E-state index contributed by atoms with van der Waals surface area (Å²) in [5, 5.41) is 0. The molecular weight excluding hydrogens is 146 g/mol. The summed E-state index contributed by atoms with van der Waals surface area (Å²) in [6.07, 6.45) is 4.92. The van der Waals surface area contributed by atoms with Gasteiger partial charge in [-0.2, -0.15) is 0 Å². The van der Waals surface area contributed by atoms with Crippen LogP contribution in [-0.4, -0.2) is 4.98 Å². The quantitative estimate of drug-likeness (QED) is 0.667. The molecule has 0 bridgehead atoms. The Morgan fingerprint density at radius 2 is 2.08 bits per heavy atom. The topological polar surface area (TPSA) is 12.9 Å². The Morgan fingerprint density at radius 3 is 2.58 bits per heavy atom. The lowest BCUT2D eigenvalue weighted by Crippen LogP contribution is -2.07. The van der Waals surface area contributed by atoms with Crippen molar-refractivity contribution in [1.29, 1.82) is 0 Å². The SMILES string of the molecule is CC(C)C(C)Cc1cccnc1. The summed E-state index contributed by atoms with van der Waals surface area (Å²) in [7, 11) is 0. The number of nitrogens with zero attached hydrogens (tertiary/aromatic N) is 1. The van der Waals surface area contributed by atoms with Gasteiger partial charge in [0.15, 0.2) is 0 Å². The summed E-state index contributed by atoms with van der Waals surface area (Å²) >= 11 is 0. The Kier molecular flexibility index (Phi) is 3.27. The van der Waals surface area contributed by atoms with Crippen molar-refractivity contribution in [3.8, 4) is 0 Å². The average Bonchev–Trinajstić information content (AvgIpc) is 2.06. The highest BCUT2D eigenvalue weighted by Crippen LogP contribution is 2.15. The molecule has 66 valence electrons. The van der Waals surface area contributed by atoms with Crippen LogP contribution in [0.3, 0.4) is 0 Å². The van der Waals surface area contributed by atoms with Crippen molar-refractivity contribution in [2.24, 2.45) is 11.8 Å². The van der Waals surface area contributed by atoms with E-state index in [0.717, 1.165) is 18.3 Å². The molecule has 1 rings (SSSR count). The molecule has 0 saturated heterocycles. The second kappa shape index (κ2) is 4.24. The van der Waals surface area contributed by atoms with E-state index in [9.17, 15) is 0 Å². The highest BCUT2D eigenvalue weighted by atomic mass is 14.6. The predicted octanol–water partition coefficient (Wildman–Crippen LogP) is 2.92. The van der Waals surface area contributed by atoms with E-state index in [1.54, 1.807) is 0 Å². The van der Waals surface area contributed by atoms with Crippen molar-refractivity contribution in [3.05, 3.63) is 30.1 Å². The Bertz CT molecular complexity index is 216. The maximum Gasteiger partial charge on any atom is 0.0299 e. The summed E-state index contributed by atoms with van der Waals surface area (Å²) in [6, 6.07) is 4.15. The van der Waals surface area contributed by atoms with E-state index in [1.165, 1.54) is 5.56 Å². The Balaban J connectivity index is 2.53. The molecule has 1 aromatic rings. The third-order valence-corrected chi connectivity index (χ3v) is 2.42. The fraction of sp³-hybridized carbons (Fsp3) is 0.545. The summed E-state index contributed by atoms with van der Waals surface area (Å²) in [5.41, 5.74) is 1.35. The van der Waals surface area contributed by atoms with Gasteiger partial charge in [0, 0.05) is 12.4 Å². The molecule has 0 aromatic carbocycles. The molecule has 1 aromatic heterocycles. The molecule has 1 unspecified atom stereocenters. The molecule has 0 saturated carbocycles. The lowest BCUT2D eigenvalue weighted by molar-refractivity contribution is 0.417. The molecule has 0 radical (unpaired) electrons. The highest BCUT2D eigenvalue weighted by Gasteiger charge is 2.07. The van der Waals surface area contributed by atoms with Crippen molar-refractivity contribution in [1.82, 2.24) is 4.98 Å². The zero-order valence-corrected chi connectivity index (χ0v) is 8.12. The molecule has 0 N–H and O–H groups in total. The average molecular weight is 163 g/mol. The fourth-order valence-corrected chi connectivity index (χ4v) is 1.13. The van der Waals surface area contributed by atoms with Gasteiger partial charge in [0.05, 0.1) is 0 Å². The first-order valence-electron chi connectivity index (χ1n) is 4.59. The monoisotopic (exact) mass is 163 g/mol. The molecule has 0 spiro atoms. The minimum Gasteiger partial charge on any atom is -0.264 e. The minimum atomic E-state index is 0.745. The molecule has 1 heterocycles. The fourth-order valence-electron chi connectivity index (χ4n) is 1.13. The van der Waals surface area contributed by atoms with E-state index < -0.39 is 0 Å². The number of pyridine rings is 1. The van der Waals surface area contributed by atoms with Gasteiger partial charge >= 0.3 is 0 Å². The first-order valence-corrected chi connectivity index (χ1v) is 4.59. The second-order valence-corrected chi connectivity index (χ2v) is 3.79.